The maximum Gasteiger partial charge on any atom is 0.241 e. The van der Waals surface area contributed by atoms with Gasteiger partial charge in [0.25, 0.3) is 0 Å². The number of sulfone groups is 1. The summed E-state index contributed by atoms with van der Waals surface area (Å²) in [7, 11) is -3.13. The van der Waals surface area contributed by atoms with Crippen LogP contribution in [0.1, 0.15) is 44.1 Å². The molecule has 1 fully saturated rings. The van der Waals surface area contributed by atoms with E-state index in [0.29, 0.717) is 18.4 Å². The molecular weight excluding hydrogens is 376 g/mol. The van der Waals surface area contributed by atoms with E-state index in [4.69, 9.17) is 10.5 Å². The van der Waals surface area contributed by atoms with Crippen molar-refractivity contribution in [2.75, 3.05) is 17.3 Å². The van der Waals surface area contributed by atoms with Crippen molar-refractivity contribution in [3.63, 3.8) is 0 Å². The van der Waals surface area contributed by atoms with Crippen LogP contribution in [0.15, 0.2) is 24.3 Å². The molecule has 0 spiro atoms. The van der Waals surface area contributed by atoms with E-state index in [9.17, 15) is 13.2 Å². The molecule has 1 unspecified atom stereocenters. The van der Waals surface area contributed by atoms with Gasteiger partial charge in [-0.2, -0.15) is 0 Å². The van der Waals surface area contributed by atoms with Crippen LogP contribution in [-0.2, 0) is 26.0 Å². The minimum absolute atomic E-state index is 0. The number of rotatable bonds is 8. The maximum absolute atomic E-state index is 12.1. The number of carbonyl (C=O) groups is 1. The molecule has 0 aromatic heterocycles. The van der Waals surface area contributed by atoms with Gasteiger partial charge in [-0.1, -0.05) is 31.4 Å². The van der Waals surface area contributed by atoms with Gasteiger partial charge in [-0.3, -0.25) is 4.79 Å². The van der Waals surface area contributed by atoms with E-state index in [1.54, 1.807) is 6.07 Å². The first-order valence-electron chi connectivity index (χ1n) is 8.78. The van der Waals surface area contributed by atoms with Crippen molar-refractivity contribution < 1.29 is 17.9 Å². The summed E-state index contributed by atoms with van der Waals surface area (Å²) < 4.78 is 28.3. The Hall–Kier alpha value is -1.15. The normalized spacial score (nSPS) is 16.5. The average Bonchev–Trinajstić information content (AvgIpc) is 2.58. The predicted octanol–water partition coefficient (Wildman–Crippen LogP) is 2.66. The summed E-state index contributed by atoms with van der Waals surface area (Å²) in [5, 5.41) is 2.74. The Kier molecular flexibility index (Phi) is 9.57. The topological polar surface area (TPSA) is 98.5 Å². The Balaban J connectivity index is 0.00000338. The molecule has 0 saturated heterocycles. The van der Waals surface area contributed by atoms with Gasteiger partial charge in [-0.05, 0) is 37.0 Å². The number of amides is 1. The van der Waals surface area contributed by atoms with Crippen molar-refractivity contribution in [1.82, 2.24) is 0 Å². The Labute approximate surface area is 162 Å². The van der Waals surface area contributed by atoms with Gasteiger partial charge in [0.1, 0.15) is 9.84 Å². The molecule has 0 radical (unpaired) electrons. The number of halogens is 1. The molecule has 1 aromatic carbocycles. The van der Waals surface area contributed by atoms with Crippen LogP contribution in [0.3, 0.4) is 0 Å². The van der Waals surface area contributed by atoms with Crippen molar-refractivity contribution in [2.24, 2.45) is 5.73 Å². The van der Waals surface area contributed by atoms with E-state index in [1.165, 1.54) is 19.3 Å². The SMILES string of the molecule is CS(=O)(=O)CCC(N)C(=O)Nc1cccc(COC2CCCCC2)c1.Cl. The summed E-state index contributed by atoms with van der Waals surface area (Å²) in [5.41, 5.74) is 7.40. The Morgan fingerprint density at radius 2 is 2.00 bits per heavy atom. The summed E-state index contributed by atoms with van der Waals surface area (Å²) in [6.45, 7) is 0.522. The molecule has 1 atom stereocenters. The lowest BCUT2D eigenvalue weighted by atomic mass is 9.98. The fourth-order valence-electron chi connectivity index (χ4n) is 2.89. The Bertz CT molecular complexity index is 676. The van der Waals surface area contributed by atoms with Crippen LogP contribution in [0.2, 0.25) is 0 Å². The number of nitrogens with two attached hydrogens (primary N) is 1. The predicted molar refractivity (Wildman–Crippen MR) is 106 cm³/mol. The summed E-state index contributed by atoms with van der Waals surface area (Å²) >= 11 is 0. The first-order chi connectivity index (χ1) is 11.8. The number of ether oxygens (including phenoxy) is 1. The third-order valence-corrected chi connectivity index (χ3v) is 5.35. The molecule has 0 heterocycles. The molecule has 0 aliphatic heterocycles. The fraction of sp³-hybridized carbons (Fsp3) is 0.611. The average molecular weight is 405 g/mol. The highest BCUT2D eigenvalue weighted by molar-refractivity contribution is 7.90. The van der Waals surface area contributed by atoms with E-state index in [1.807, 2.05) is 18.2 Å². The van der Waals surface area contributed by atoms with Gasteiger partial charge < -0.3 is 15.8 Å². The Morgan fingerprint density at radius 3 is 2.65 bits per heavy atom. The summed E-state index contributed by atoms with van der Waals surface area (Å²) in [5.74, 6) is -0.481. The van der Waals surface area contributed by atoms with Crippen LogP contribution < -0.4 is 11.1 Å². The molecule has 1 aromatic rings. The van der Waals surface area contributed by atoms with Gasteiger partial charge in [0.05, 0.1) is 24.5 Å². The minimum atomic E-state index is -3.13. The van der Waals surface area contributed by atoms with Crippen molar-refractivity contribution >= 4 is 33.8 Å². The van der Waals surface area contributed by atoms with Crippen LogP contribution in [-0.4, -0.2) is 38.5 Å². The standard InChI is InChI=1S/C18H28N2O4S.ClH/c1-25(22,23)11-10-17(19)18(21)20-15-7-5-6-14(12-15)13-24-16-8-3-2-4-9-16;/h5-7,12,16-17H,2-4,8-11,13,19H2,1H3,(H,20,21);1H. The van der Waals surface area contributed by atoms with Crippen LogP contribution in [0, 0.1) is 0 Å². The summed E-state index contributed by atoms with van der Waals surface area (Å²) in [6.07, 6.45) is 7.55. The number of hydrogen-bond acceptors (Lipinski definition) is 5. The van der Waals surface area contributed by atoms with Gasteiger partial charge in [-0.25, -0.2) is 8.42 Å². The largest absolute Gasteiger partial charge is 0.374 e. The second-order valence-electron chi connectivity index (χ2n) is 6.79. The molecule has 3 N–H and O–H groups in total. The molecule has 26 heavy (non-hydrogen) atoms. The van der Waals surface area contributed by atoms with E-state index in [-0.39, 0.29) is 30.5 Å². The van der Waals surface area contributed by atoms with Gasteiger partial charge >= 0.3 is 0 Å². The number of carbonyl (C=O) groups excluding carboxylic acids is 1. The molecular formula is C18H29ClN2O4S. The molecule has 1 saturated carbocycles. The molecule has 6 nitrogen and oxygen atoms in total. The smallest absolute Gasteiger partial charge is 0.241 e. The zero-order valence-electron chi connectivity index (χ0n) is 15.1. The fourth-order valence-corrected chi connectivity index (χ4v) is 3.57. The highest BCUT2D eigenvalue weighted by Gasteiger charge is 2.17. The van der Waals surface area contributed by atoms with Crippen LogP contribution in [0.5, 0.6) is 0 Å². The van der Waals surface area contributed by atoms with Crippen molar-refractivity contribution in [2.45, 2.75) is 57.3 Å². The zero-order valence-corrected chi connectivity index (χ0v) is 16.8. The number of benzene rings is 1. The Morgan fingerprint density at radius 1 is 1.31 bits per heavy atom. The third kappa shape index (κ3) is 8.49. The lowest BCUT2D eigenvalue weighted by Crippen LogP contribution is -2.37. The second-order valence-corrected chi connectivity index (χ2v) is 9.05. The van der Waals surface area contributed by atoms with E-state index < -0.39 is 15.9 Å². The van der Waals surface area contributed by atoms with Gasteiger partial charge in [-0.15, -0.1) is 12.4 Å². The second kappa shape index (κ2) is 10.9. The van der Waals surface area contributed by atoms with Crippen molar-refractivity contribution in [3.8, 4) is 0 Å². The van der Waals surface area contributed by atoms with Crippen LogP contribution >= 0.6 is 12.4 Å². The zero-order chi connectivity index (χ0) is 18.3. The highest BCUT2D eigenvalue weighted by Crippen LogP contribution is 2.22. The molecule has 148 valence electrons. The molecule has 0 bridgehead atoms. The molecule has 1 aliphatic rings. The first-order valence-corrected chi connectivity index (χ1v) is 10.8. The van der Waals surface area contributed by atoms with Gasteiger partial charge in [0.2, 0.25) is 5.91 Å². The van der Waals surface area contributed by atoms with Crippen molar-refractivity contribution in [1.29, 1.82) is 0 Å². The number of anilines is 1. The quantitative estimate of drug-likeness (QED) is 0.693. The lowest BCUT2D eigenvalue weighted by molar-refractivity contribution is -0.117. The van der Waals surface area contributed by atoms with Crippen molar-refractivity contribution in [3.05, 3.63) is 29.8 Å². The van der Waals surface area contributed by atoms with E-state index in [2.05, 4.69) is 5.32 Å². The number of hydrogen-bond donors (Lipinski definition) is 2. The van der Waals surface area contributed by atoms with Gasteiger partial charge in [0, 0.05) is 11.9 Å². The summed E-state index contributed by atoms with van der Waals surface area (Å²) in [6, 6.07) is 6.62. The van der Waals surface area contributed by atoms with E-state index >= 15 is 0 Å². The highest BCUT2D eigenvalue weighted by atomic mass is 35.5. The molecule has 8 heteroatoms. The maximum atomic E-state index is 12.1. The lowest BCUT2D eigenvalue weighted by Gasteiger charge is -2.22. The van der Waals surface area contributed by atoms with Crippen LogP contribution in [0.25, 0.3) is 0 Å². The summed E-state index contributed by atoms with van der Waals surface area (Å²) in [4.78, 5) is 12.1. The monoisotopic (exact) mass is 404 g/mol. The molecule has 1 amide bonds. The third-order valence-electron chi connectivity index (χ3n) is 4.37. The van der Waals surface area contributed by atoms with Gasteiger partial charge in [0.15, 0.2) is 0 Å². The molecule has 1 aliphatic carbocycles. The first kappa shape index (κ1) is 22.9. The molecule has 2 rings (SSSR count). The minimum Gasteiger partial charge on any atom is -0.374 e. The van der Waals surface area contributed by atoms with Crippen LogP contribution in [0.4, 0.5) is 5.69 Å². The van der Waals surface area contributed by atoms with E-state index in [0.717, 1.165) is 24.7 Å². The number of nitrogens with one attached hydrogen (secondary N) is 1.